The fourth-order valence-corrected chi connectivity index (χ4v) is 6.96. The molecule has 2 aliphatic heterocycles. The zero-order valence-corrected chi connectivity index (χ0v) is 24.1. The molecule has 0 aromatic carbocycles. The van der Waals surface area contributed by atoms with E-state index in [1.807, 2.05) is 31.7 Å². The van der Waals surface area contributed by atoms with Crippen LogP contribution in [-0.4, -0.2) is 73.9 Å². The molecule has 0 bridgehead atoms. The summed E-state index contributed by atoms with van der Waals surface area (Å²) in [6, 6.07) is 2.89. The predicted octanol–water partition coefficient (Wildman–Crippen LogP) is 3.71. The Morgan fingerprint density at radius 1 is 1.20 bits per heavy atom. The number of amides is 1. The minimum absolute atomic E-state index is 0.0119. The van der Waals surface area contributed by atoms with Gasteiger partial charge in [-0.05, 0) is 80.4 Å². The molecule has 1 aliphatic carbocycles. The molecule has 4 heterocycles. The van der Waals surface area contributed by atoms with E-state index >= 15 is 0 Å². The van der Waals surface area contributed by atoms with Crippen LogP contribution in [0.3, 0.4) is 0 Å². The van der Waals surface area contributed by atoms with E-state index in [-0.39, 0.29) is 59.9 Å². The second kappa shape index (κ2) is 13.0. The number of hydrogen-bond acceptors (Lipinski definition) is 8. The molecule has 5 rings (SSSR count). The first kappa shape index (κ1) is 29.0. The van der Waals surface area contributed by atoms with Crippen LogP contribution in [0.1, 0.15) is 91.3 Å². The van der Waals surface area contributed by atoms with Gasteiger partial charge >= 0.3 is 0 Å². The molecule has 218 valence electrons. The Morgan fingerprint density at radius 2 is 1.95 bits per heavy atom. The van der Waals surface area contributed by atoms with Crippen molar-refractivity contribution >= 4 is 23.5 Å². The van der Waals surface area contributed by atoms with E-state index in [1.165, 1.54) is 6.07 Å². The van der Waals surface area contributed by atoms with Gasteiger partial charge in [-0.2, -0.15) is 16.9 Å². The molecule has 0 spiro atoms. The average Bonchev–Trinajstić information content (AvgIpc) is 3.58. The summed E-state index contributed by atoms with van der Waals surface area (Å²) in [6.45, 7) is 4.43. The van der Waals surface area contributed by atoms with Crippen molar-refractivity contribution in [3.8, 4) is 5.88 Å². The molecule has 9 nitrogen and oxygen atoms in total. The lowest BCUT2D eigenvalue weighted by molar-refractivity contribution is 0.0912. The highest BCUT2D eigenvalue weighted by molar-refractivity contribution is 7.99. The molecule has 3 N–H and O–H groups in total. The fraction of sp³-hybridized carbons (Fsp3) is 0.655. The Morgan fingerprint density at radius 3 is 2.65 bits per heavy atom. The van der Waals surface area contributed by atoms with Gasteiger partial charge in [-0.25, -0.2) is 9.37 Å². The van der Waals surface area contributed by atoms with Crippen LogP contribution in [0.2, 0.25) is 0 Å². The maximum absolute atomic E-state index is 14.0. The van der Waals surface area contributed by atoms with Gasteiger partial charge in [0.15, 0.2) is 5.78 Å². The highest BCUT2D eigenvalue weighted by Gasteiger charge is 2.45. The standard InChI is InChI=1S/C29H40FN5O4S/c1-17(2)25-15-24(34-35(25)9-10-36)28(38)32-20-5-3-18(4-6-20)13-23-26(33-23)27(37)22-14-19(30)16-31-29(22)39-21-7-11-40-12-8-21/h14-18,20-21,23,26,33,36H,3-13H2,1-2H3,(H,32,38). The molecule has 40 heavy (non-hydrogen) atoms. The largest absolute Gasteiger partial charge is 0.474 e. The number of hydrogen-bond donors (Lipinski definition) is 3. The van der Waals surface area contributed by atoms with Gasteiger partial charge in [-0.1, -0.05) is 13.8 Å². The van der Waals surface area contributed by atoms with E-state index in [1.54, 1.807) is 4.68 Å². The van der Waals surface area contributed by atoms with Crippen molar-refractivity contribution in [2.75, 3.05) is 18.1 Å². The Kier molecular flexibility index (Phi) is 9.42. The SMILES string of the molecule is CC(C)c1cc(C(=O)NC2CCC(CC3NC3C(=O)c3cc(F)cnc3OC3CCSCC3)CC2)nn1CCO. The van der Waals surface area contributed by atoms with Crippen LogP contribution in [0, 0.1) is 11.7 Å². The highest BCUT2D eigenvalue weighted by atomic mass is 32.2. The number of carbonyl (C=O) groups is 2. The molecule has 3 aliphatic rings. The van der Waals surface area contributed by atoms with Gasteiger partial charge in [0.1, 0.15) is 17.6 Å². The number of aliphatic hydroxyl groups excluding tert-OH is 1. The number of pyridine rings is 1. The first-order valence-electron chi connectivity index (χ1n) is 14.5. The molecule has 2 atom stereocenters. The van der Waals surface area contributed by atoms with Crippen molar-refractivity contribution in [3.63, 3.8) is 0 Å². The lowest BCUT2D eigenvalue weighted by Gasteiger charge is -2.28. The summed E-state index contributed by atoms with van der Waals surface area (Å²) in [7, 11) is 0. The maximum Gasteiger partial charge on any atom is 0.272 e. The van der Waals surface area contributed by atoms with Gasteiger partial charge in [-0.3, -0.25) is 14.3 Å². The summed E-state index contributed by atoms with van der Waals surface area (Å²) in [5, 5.41) is 20.2. The summed E-state index contributed by atoms with van der Waals surface area (Å²) < 4.78 is 21.8. The molecule has 1 saturated carbocycles. The number of carbonyl (C=O) groups excluding carboxylic acids is 2. The van der Waals surface area contributed by atoms with Crippen LogP contribution in [-0.2, 0) is 6.54 Å². The number of nitrogens with one attached hydrogen (secondary N) is 2. The fourth-order valence-electron chi connectivity index (χ4n) is 5.90. The van der Waals surface area contributed by atoms with Crippen molar-refractivity contribution in [2.45, 2.75) is 95.5 Å². The number of rotatable bonds is 11. The summed E-state index contributed by atoms with van der Waals surface area (Å²) in [4.78, 5) is 30.3. The topological polar surface area (TPSA) is 128 Å². The van der Waals surface area contributed by atoms with Crippen molar-refractivity contribution in [1.29, 1.82) is 0 Å². The third-order valence-corrected chi connectivity index (χ3v) is 9.26. The van der Waals surface area contributed by atoms with Crippen LogP contribution < -0.4 is 15.4 Å². The van der Waals surface area contributed by atoms with Crippen LogP contribution in [0.5, 0.6) is 5.88 Å². The number of halogens is 1. The number of thioether (sulfide) groups is 1. The normalized spacial score (nSPS) is 25.1. The Bertz CT molecular complexity index is 1190. The summed E-state index contributed by atoms with van der Waals surface area (Å²) in [6.07, 6.45) is 7.49. The second-order valence-corrected chi connectivity index (χ2v) is 12.8. The zero-order valence-electron chi connectivity index (χ0n) is 23.3. The number of Topliss-reactive ketones (excluding diaryl/α,β-unsaturated/α-hetero) is 1. The molecule has 2 aromatic rings. The zero-order chi connectivity index (χ0) is 28.2. The van der Waals surface area contributed by atoms with Crippen LogP contribution in [0.25, 0.3) is 0 Å². The molecular weight excluding hydrogens is 533 g/mol. The van der Waals surface area contributed by atoms with Crippen molar-refractivity contribution in [2.24, 2.45) is 5.92 Å². The number of aromatic nitrogens is 3. The summed E-state index contributed by atoms with van der Waals surface area (Å²) in [5.74, 6) is 2.07. The Hall–Kier alpha value is -2.50. The van der Waals surface area contributed by atoms with Gasteiger partial charge in [0, 0.05) is 17.8 Å². The highest BCUT2D eigenvalue weighted by Crippen LogP contribution is 2.34. The molecule has 1 amide bonds. The monoisotopic (exact) mass is 573 g/mol. The average molecular weight is 574 g/mol. The van der Waals surface area contributed by atoms with Crippen LogP contribution in [0.4, 0.5) is 4.39 Å². The summed E-state index contributed by atoms with van der Waals surface area (Å²) in [5.41, 5.74) is 1.55. The molecular formula is C29H40FN5O4S. The first-order valence-corrected chi connectivity index (χ1v) is 15.7. The van der Waals surface area contributed by atoms with E-state index < -0.39 is 5.82 Å². The van der Waals surface area contributed by atoms with Gasteiger partial charge in [0.05, 0.1) is 31.0 Å². The van der Waals surface area contributed by atoms with Crippen molar-refractivity contribution in [1.82, 2.24) is 25.4 Å². The Balaban J connectivity index is 1.10. The minimum atomic E-state index is -0.534. The van der Waals surface area contributed by atoms with E-state index in [0.29, 0.717) is 18.2 Å². The maximum atomic E-state index is 14.0. The lowest BCUT2D eigenvalue weighted by Crippen LogP contribution is -2.38. The van der Waals surface area contributed by atoms with Gasteiger partial charge in [0.25, 0.3) is 5.91 Å². The van der Waals surface area contributed by atoms with Gasteiger partial charge in [-0.15, -0.1) is 0 Å². The first-order chi connectivity index (χ1) is 19.3. The Labute approximate surface area is 239 Å². The van der Waals surface area contributed by atoms with Crippen molar-refractivity contribution in [3.05, 3.63) is 41.1 Å². The molecule has 11 heteroatoms. The molecule has 2 unspecified atom stereocenters. The van der Waals surface area contributed by atoms with Crippen LogP contribution >= 0.6 is 11.8 Å². The van der Waals surface area contributed by atoms with E-state index in [2.05, 4.69) is 20.7 Å². The van der Waals surface area contributed by atoms with Crippen LogP contribution in [0.15, 0.2) is 18.3 Å². The van der Waals surface area contributed by atoms with E-state index in [4.69, 9.17) is 4.74 Å². The number of ether oxygens (including phenoxy) is 1. The summed E-state index contributed by atoms with van der Waals surface area (Å²) >= 11 is 1.89. The number of aliphatic hydroxyl groups is 1. The van der Waals surface area contributed by atoms with Crippen molar-refractivity contribution < 1.29 is 23.8 Å². The molecule has 2 aromatic heterocycles. The van der Waals surface area contributed by atoms with Gasteiger partial charge in [0.2, 0.25) is 5.88 Å². The number of nitrogens with zero attached hydrogens (tertiary/aromatic N) is 3. The third-order valence-electron chi connectivity index (χ3n) is 8.22. The molecule has 3 fully saturated rings. The van der Waals surface area contributed by atoms with E-state index in [9.17, 15) is 19.1 Å². The molecule has 0 radical (unpaired) electrons. The second-order valence-electron chi connectivity index (χ2n) is 11.5. The minimum Gasteiger partial charge on any atom is -0.474 e. The predicted molar refractivity (Wildman–Crippen MR) is 151 cm³/mol. The number of ketones is 1. The lowest BCUT2D eigenvalue weighted by atomic mass is 9.82. The smallest absolute Gasteiger partial charge is 0.272 e. The third kappa shape index (κ3) is 7.03. The van der Waals surface area contributed by atoms with E-state index in [0.717, 1.165) is 68.3 Å². The quantitative estimate of drug-likeness (QED) is 0.274. The van der Waals surface area contributed by atoms with Gasteiger partial charge < -0.3 is 20.5 Å². The molecule has 2 saturated heterocycles.